The van der Waals surface area contributed by atoms with Crippen molar-refractivity contribution in [2.75, 3.05) is 13.1 Å². The zero-order valence-corrected chi connectivity index (χ0v) is 12.0. The number of piperazine rings is 1. The summed E-state index contributed by atoms with van der Waals surface area (Å²) in [6.45, 7) is 3.73. The number of nitrogens with one attached hydrogen (secondary N) is 1. The molecule has 7 heteroatoms. The molecule has 0 spiro atoms. The Kier molecular flexibility index (Phi) is 4.16. The SMILES string of the molecule is C[C@@H]1C(=O)NCCN1Cc1ccc(Br)c([N+](=O)[O-])c1. The molecule has 19 heavy (non-hydrogen) atoms. The third-order valence-electron chi connectivity index (χ3n) is 3.22. The summed E-state index contributed by atoms with van der Waals surface area (Å²) >= 11 is 3.16. The first-order valence-corrected chi connectivity index (χ1v) is 6.73. The number of nitro groups is 1. The van der Waals surface area contributed by atoms with E-state index in [4.69, 9.17) is 0 Å². The van der Waals surface area contributed by atoms with E-state index in [1.165, 1.54) is 0 Å². The summed E-state index contributed by atoms with van der Waals surface area (Å²) in [7, 11) is 0. The second kappa shape index (κ2) is 5.66. The summed E-state index contributed by atoms with van der Waals surface area (Å²) in [5.74, 6) is -0.00198. The molecular weight excluding hydrogens is 314 g/mol. The van der Waals surface area contributed by atoms with E-state index in [1.807, 2.05) is 17.9 Å². The Balaban J connectivity index is 2.17. The van der Waals surface area contributed by atoms with Gasteiger partial charge in [-0.2, -0.15) is 0 Å². The van der Waals surface area contributed by atoms with E-state index in [-0.39, 0.29) is 17.6 Å². The maximum atomic E-state index is 11.6. The van der Waals surface area contributed by atoms with Crippen LogP contribution in [0.15, 0.2) is 22.7 Å². The van der Waals surface area contributed by atoms with E-state index in [1.54, 1.807) is 12.1 Å². The van der Waals surface area contributed by atoms with Gasteiger partial charge in [0.05, 0.1) is 15.4 Å². The molecule has 1 aliphatic heterocycles. The number of hydrogen-bond acceptors (Lipinski definition) is 4. The van der Waals surface area contributed by atoms with Crippen LogP contribution in [-0.4, -0.2) is 34.9 Å². The molecule has 1 N–H and O–H groups in total. The Bertz CT molecular complexity index is 521. The van der Waals surface area contributed by atoms with Crippen molar-refractivity contribution >= 4 is 27.5 Å². The smallest absolute Gasteiger partial charge is 0.283 e. The lowest BCUT2D eigenvalue weighted by molar-refractivity contribution is -0.385. The van der Waals surface area contributed by atoms with Gasteiger partial charge in [0, 0.05) is 25.7 Å². The number of rotatable bonds is 3. The van der Waals surface area contributed by atoms with Crippen molar-refractivity contribution in [2.45, 2.75) is 19.5 Å². The summed E-state index contributed by atoms with van der Waals surface area (Å²) in [6, 6.07) is 4.83. The summed E-state index contributed by atoms with van der Waals surface area (Å²) < 4.78 is 0.464. The van der Waals surface area contributed by atoms with Crippen LogP contribution in [0.5, 0.6) is 0 Å². The highest BCUT2D eigenvalue weighted by Gasteiger charge is 2.25. The van der Waals surface area contributed by atoms with Gasteiger partial charge in [0.15, 0.2) is 0 Å². The van der Waals surface area contributed by atoms with Gasteiger partial charge in [-0.25, -0.2) is 0 Å². The van der Waals surface area contributed by atoms with Crippen LogP contribution in [-0.2, 0) is 11.3 Å². The summed E-state index contributed by atoms with van der Waals surface area (Å²) in [6.07, 6.45) is 0. The molecule has 1 saturated heterocycles. The Hall–Kier alpha value is -1.47. The highest BCUT2D eigenvalue weighted by molar-refractivity contribution is 9.10. The second-order valence-corrected chi connectivity index (χ2v) is 5.33. The molecular formula is C12H14BrN3O3. The van der Waals surface area contributed by atoms with Gasteiger partial charge in [0.1, 0.15) is 0 Å². The van der Waals surface area contributed by atoms with Crippen molar-refractivity contribution in [1.82, 2.24) is 10.2 Å². The fourth-order valence-electron chi connectivity index (χ4n) is 2.08. The first-order chi connectivity index (χ1) is 8.99. The van der Waals surface area contributed by atoms with Crippen molar-refractivity contribution in [3.8, 4) is 0 Å². The summed E-state index contributed by atoms with van der Waals surface area (Å²) in [5.41, 5.74) is 0.878. The zero-order chi connectivity index (χ0) is 14.0. The summed E-state index contributed by atoms with van der Waals surface area (Å²) in [4.78, 5) is 24.0. The minimum Gasteiger partial charge on any atom is -0.353 e. The Morgan fingerprint density at radius 2 is 2.32 bits per heavy atom. The monoisotopic (exact) mass is 327 g/mol. The molecule has 1 aromatic rings. The second-order valence-electron chi connectivity index (χ2n) is 4.48. The van der Waals surface area contributed by atoms with Crippen molar-refractivity contribution in [2.24, 2.45) is 0 Å². The number of hydrogen-bond donors (Lipinski definition) is 1. The molecule has 0 unspecified atom stereocenters. The average Bonchev–Trinajstić information content (AvgIpc) is 2.37. The molecule has 1 atom stereocenters. The molecule has 102 valence electrons. The first-order valence-electron chi connectivity index (χ1n) is 5.93. The van der Waals surface area contributed by atoms with E-state index in [9.17, 15) is 14.9 Å². The molecule has 0 saturated carbocycles. The van der Waals surface area contributed by atoms with Gasteiger partial charge >= 0.3 is 0 Å². The van der Waals surface area contributed by atoms with Gasteiger partial charge < -0.3 is 5.32 Å². The minimum atomic E-state index is -0.417. The van der Waals surface area contributed by atoms with E-state index < -0.39 is 4.92 Å². The lowest BCUT2D eigenvalue weighted by Crippen LogP contribution is -2.53. The Morgan fingerprint density at radius 3 is 3.00 bits per heavy atom. The number of carbonyl (C=O) groups is 1. The van der Waals surface area contributed by atoms with E-state index in [0.29, 0.717) is 17.6 Å². The Morgan fingerprint density at radius 1 is 1.58 bits per heavy atom. The summed E-state index contributed by atoms with van der Waals surface area (Å²) in [5, 5.41) is 13.7. The van der Waals surface area contributed by atoms with Crippen molar-refractivity contribution < 1.29 is 9.72 Å². The molecule has 0 bridgehead atoms. The maximum Gasteiger partial charge on any atom is 0.283 e. The normalized spacial score (nSPS) is 20.1. The quantitative estimate of drug-likeness (QED) is 0.677. The largest absolute Gasteiger partial charge is 0.353 e. The fourth-order valence-corrected chi connectivity index (χ4v) is 2.47. The van der Waals surface area contributed by atoms with E-state index in [0.717, 1.165) is 12.1 Å². The molecule has 0 aromatic heterocycles. The van der Waals surface area contributed by atoms with Gasteiger partial charge in [0.2, 0.25) is 5.91 Å². The predicted molar refractivity (Wildman–Crippen MR) is 73.7 cm³/mol. The van der Waals surface area contributed by atoms with Crippen molar-refractivity contribution in [3.63, 3.8) is 0 Å². The molecule has 1 fully saturated rings. The van der Waals surface area contributed by atoms with Crippen LogP contribution in [0.1, 0.15) is 12.5 Å². The molecule has 1 amide bonds. The molecule has 6 nitrogen and oxygen atoms in total. The van der Waals surface area contributed by atoms with E-state index in [2.05, 4.69) is 21.2 Å². The van der Waals surface area contributed by atoms with Gasteiger partial charge in [-0.1, -0.05) is 6.07 Å². The number of amides is 1. The van der Waals surface area contributed by atoms with Crippen LogP contribution in [0.4, 0.5) is 5.69 Å². The van der Waals surface area contributed by atoms with Crippen LogP contribution >= 0.6 is 15.9 Å². The highest BCUT2D eigenvalue weighted by Crippen LogP contribution is 2.26. The van der Waals surface area contributed by atoms with Crippen LogP contribution < -0.4 is 5.32 Å². The van der Waals surface area contributed by atoms with Crippen LogP contribution in [0, 0.1) is 10.1 Å². The molecule has 1 aliphatic rings. The fraction of sp³-hybridized carbons (Fsp3) is 0.417. The molecule has 0 aliphatic carbocycles. The molecule has 1 heterocycles. The number of benzene rings is 1. The van der Waals surface area contributed by atoms with Gasteiger partial charge in [-0.15, -0.1) is 0 Å². The van der Waals surface area contributed by atoms with E-state index >= 15 is 0 Å². The van der Waals surface area contributed by atoms with Crippen molar-refractivity contribution in [3.05, 3.63) is 38.3 Å². The topological polar surface area (TPSA) is 75.5 Å². The van der Waals surface area contributed by atoms with Crippen molar-refractivity contribution in [1.29, 1.82) is 0 Å². The third-order valence-corrected chi connectivity index (χ3v) is 3.89. The number of carbonyl (C=O) groups excluding carboxylic acids is 1. The number of nitro benzene ring substituents is 1. The van der Waals surface area contributed by atoms with Crippen LogP contribution in [0.3, 0.4) is 0 Å². The Labute approximate surface area is 119 Å². The van der Waals surface area contributed by atoms with Crippen LogP contribution in [0.2, 0.25) is 0 Å². The molecule has 2 rings (SSSR count). The number of halogens is 1. The van der Waals surface area contributed by atoms with Crippen LogP contribution in [0.25, 0.3) is 0 Å². The molecule has 1 aromatic carbocycles. The number of nitrogens with zero attached hydrogens (tertiary/aromatic N) is 2. The predicted octanol–water partition coefficient (Wildman–Crippen LogP) is 1.68. The third kappa shape index (κ3) is 3.10. The minimum absolute atomic E-state index is 0.00198. The lowest BCUT2D eigenvalue weighted by atomic mass is 10.1. The standard InChI is InChI=1S/C12H14BrN3O3/c1-8-12(17)14-4-5-15(8)7-9-2-3-10(13)11(6-9)16(18)19/h2-3,6,8H,4-5,7H2,1H3,(H,14,17)/t8-/m1/s1. The lowest BCUT2D eigenvalue weighted by Gasteiger charge is -2.32. The van der Waals surface area contributed by atoms with Gasteiger partial charge in [-0.05, 0) is 34.5 Å². The maximum absolute atomic E-state index is 11.6. The average molecular weight is 328 g/mol. The molecule has 0 radical (unpaired) electrons. The van der Waals surface area contributed by atoms with Gasteiger partial charge in [0.25, 0.3) is 5.69 Å². The zero-order valence-electron chi connectivity index (χ0n) is 10.4. The van der Waals surface area contributed by atoms with Gasteiger partial charge in [-0.3, -0.25) is 19.8 Å². The highest BCUT2D eigenvalue weighted by atomic mass is 79.9. The first kappa shape index (κ1) is 14.0.